The zero-order valence-corrected chi connectivity index (χ0v) is 48.5. The van der Waals surface area contributed by atoms with Crippen LogP contribution in [0.3, 0.4) is 0 Å². The predicted octanol–water partition coefficient (Wildman–Crippen LogP) is 20.1. The summed E-state index contributed by atoms with van der Waals surface area (Å²) in [7, 11) is 0. The molecule has 5 heteroatoms. The molecule has 0 bridgehead atoms. The third-order valence-electron chi connectivity index (χ3n) is 16.6. The minimum atomic E-state index is -1.53. The predicted molar refractivity (Wildman–Crippen MR) is 332 cm³/mol. The fourth-order valence-corrected chi connectivity index (χ4v) is 12.2. The number of fused-ring (bicyclic) bond motifs is 1. The number of hydrogen-bond acceptors (Lipinski definition) is 3. The molecule has 1 N–H and O–H groups in total. The van der Waals surface area contributed by atoms with E-state index in [1.54, 1.807) is 0 Å². The molecule has 0 atom stereocenters. The Morgan fingerprint density at radius 3 is 1.77 bits per heavy atom. The molecule has 2 aromatic heterocycles. The second-order valence-corrected chi connectivity index (χ2v) is 22.8. The number of rotatable bonds is 12. The number of para-hydroxylation sites is 1. The maximum absolute atomic E-state index is 12.9. The topological polar surface area (TPSA) is 50.9 Å². The molecule has 0 saturated heterocycles. The Bertz CT molecular complexity index is 4190. The first kappa shape index (κ1) is 48.9. The molecule has 2 aliphatic carbocycles. The van der Waals surface area contributed by atoms with Crippen molar-refractivity contribution in [3.05, 3.63) is 253 Å². The van der Waals surface area contributed by atoms with E-state index in [4.69, 9.17) is 9.97 Å². The van der Waals surface area contributed by atoms with Gasteiger partial charge in [-0.25, -0.2) is 4.98 Å². The molecule has 4 nitrogen and oxygen atoms in total. The van der Waals surface area contributed by atoms with Gasteiger partial charge in [-0.3, -0.25) is 9.55 Å². The van der Waals surface area contributed by atoms with Crippen molar-refractivity contribution < 1.29 is 31.7 Å². The van der Waals surface area contributed by atoms with Crippen LogP contribution in [0, 0.1) is 12.0 Å². The largest absolute Gasteiger partial charge is 0.507 e. The first-order chi connectivity index (χ1) is 40.6. The zero-order chi connectivity index (χ0) is 57.8. The van der Waals surface area contributed by atoms with Gasteiger partial charge in [-0.2, -0.15) is 0 Å². The Kier molecular flexibility index (Phi) is 14.1. The van der Waals surface area contributed by atoms with Gasteiger partial charge < -0.3 is 5.11 Å². The zero-order valence-electron chi connectivity index (χ0n) is 50.2. The number of imidazole rings is 1. The Morgan fingerprint density at radius 2 is 1.11 bits per heavy atom. The summed E-state index contributed by atoms with van der Waals surface area (Å²) in [5.74, 6) is -0.822. The van der Waals surface area contributed by atoms with Gasteiger partial charge in [0.1, 0.15) is 11.6 Å². The fourth-order valence-electron chi connectivity index (χ4n) is 12.2. The third kappa shape index (κ3) is 11.2. The van der Waals surface area contributed by atoms with Crippen LogP contribution in [0.1, 0.15) is 112 Å². The monoisotopic (exact) mass is 1240 g/mol. The molecule has 0 unspecified atom stereocenters. The molecular weight excluding hydrogens is 1170 g/mol. The van der Waals surface area contributed by atoms with E-state index in [9.17, 15) is 10.6 Å². The molecular formula is C76H68N3OPt-. The summed E-state index contributed by atoms with van der Waals surface area (Å²) in [4.78, 5) is 10.7. The van der Waals surface area contributed by atoms with Crippen LogP contribution < -0.4 is 0 Å². The number of phenolic OH excluding ortho intramolecular Hbond substituents is 1. The van der Waals surface area contributed by atoms with Crippen LogP contribution in [0.4, 0.5) is 0 Å². The maximum atomic E-state index is 12.9. The molecule has 11 aromatic rings. The van der Waals surface area contributed by atoms with Crippen molar-refractivity contribution in [1.82, 2.24) is 14.5 Å². The molecule has 81 heavy (non-hydrogen) atoms. The van der Waals surface area contributed by atoms with Gasteiger partial charge in [0.15, 0.2) is 0 Å². The van der Waals surface area contributed by atoms with Crippen molar-refractivity contribution in [2.24, 2.45) is 5.92 Å². The van der Waals surface area contributed by atoms with Crippen LogP contribution in [-0.2, 0) is 32.9 Å². The van der Waals surface area contributed by atoms with E-state index in [-0.39, 0.29) is 38.1 Å². The molecule has 0 radical (unpaired) electrons. The van der Waals surface area contributed by atoms with E-state index < -0.39 is 18.2 Å². The second-order valence-electron chi connectivity index (χ2n) is 22.8. The number of nitrogens with zero attached hydrogens (tertiary/aromatic N) is 3. The van der Waals surface area contributed by atoms with E-state index in [2.05, 4.69) is 165 Å². The SMILES string of the molecule is [2H]C1(c2ccccc2)CCC([2H])(c2ccc(-c3ccnc(-c4[c-]c(-c5cccc6c5nc(-c5cc(C(C)(C)C)cc(-c7ccccc7)c5O)n6-c5ccc(C([2H])([2H])C6CCCC6)cc5-c5ccccc5)cc(-c5ccccc5)c4)c3)cc2)CC1.[Pt]. The second kappa shape index (κ2) is 23.3. The van der Waals surface area contributed by atoms with Crippen molar-refractivity contribution in [2.45, 2.75) is 95.7 Å². The number of pyridine rings is 1. The molecule has 13 rings (SSSR count). The standard InChI is InChI=1S/C76H68N3O.Pt/c1-76(2,3)65-49-68(60-27-14-7-15-28-60)74(80)69(50-65)75-78-73-66(29-18-30-72(73)79(75)71-40-31-52(43-51-19-16-17-20-51)44-67(71)59-25-12-6-13-26-59)63-45-62(54-23-10-5-11-24-54)46-64(47-63)70-48-61(41-42-77-70)58-38-36-57(37-39-58)56-34-32-55(33-35-56)53-21-8-4-9-22-53;/h4-15,18,21-31,36-42,44-46,48-51,55-56,80H,16-17,19-20,32-35,43H2,1-3H3;/q-1;/i43D2,55D,56D;. The number of phenols is 1. The minimum Gasteiger partial charge on any atom is -0.507 e. The first-order valence-electron chi connectivity index (χ1n) is 30.5. The van der Waals surface area contributed by atoms with E-state index in [1.165, 1.54) is 0 Å². The number of benzene rings is 9. The fraction of sp³-hybridized carbons (Fsp3) is 0.211. The Labute approximate surface area is 498 Å². The van der Waals surface area contributed by atoms with Gasteiger partial charge in [0, 0.05) is 49.6 Å². The van der Waals surface area contributed by atoms with Crippen molar-refractivity contribution in [3.8, 4) is 89.7 Å². The molecule has 0 spiro atoms. The van der Waals surface area contributed by atoms with E-state index >= 15 is 0 Å². The maximum Gasteiger partial charge on any atom is 0.148 e. The van der Waals surface area contributed by atoms with Gasteiger partial charge in [0.05, 0.1) is 22.3 Å². The van der Waals surface area contributed by atoms with Crippen molar-refractivity contribution in [1.29, 1.82) is 0 Å². The molecule has 2 aliphatic rings. The Balaban J connectivity index is 0.00000709. The van der Waals surface area contributed by atoms with Crippen LogP contribution in [0.5, 0.6) is 5.75 Å². The number of aromatic hydroxyl groups is 1. The molecule has 2 heterocycles. The van der Waals surface area contributed by atoms with Gasteiger partial charge >= 0.3 is 0 Å². The summed E-state index contributed by atoms with van der Waals surface area (Å²) in [5, 5.41) is 12.9. The van der Waals surface area contributed by atoms with Crippen LogP contribution in [0.15, 0.2) is 225 Å². The van der Waals surface area contributed by atoms with Gasteiger partial charge in [0.2, 0.25) is 0 Å². The van der Waals surface area contributed by atoms with Crippen molar-refractivity contribution in [3.63, 3.8) is 0 Å². The number of hydrogen-bond donors (Lipinski definition) is 1. The minimum absolute atomic E-state index is 0. The average molecular weight is 1240 g/mol. The van der Waals surface area contributed by atoms with Crippen LogP contribution in [0.2, 0.25) is 0 Å². The van der Waals surface area contributed by atoms with Gasteiger partial charge in [0.25, 0.3) is 0 Å². The van der Waals surface area contributed by atoms with Crippen LogP contribution in [-0.4, -0.2) is 19.6 Å². The van der Waals surface area contributed by atoms with E-state index in [0.29, 0.717) is 53.7 Å². The van der Waals surface area contributed by atoms with Crippen molar-refractivity contribution >= 4 is 11.0 Å². The molecule has 404 valence electrons. The number of aromatic nitrogens is 3. The first-order valence-corrected chi connectivity index (χ1v) is 28.5. The summed E-state index contributed by atoms with van der Waals surface area (Å²) < 4.78 is 40.3. The Morgan fingerprint density at radius 1 is 0.531 bits per heavy atom. The summed E-state index contributed by atoms with van der Waals surface area (Å²) >= 11 is 0. The Hall–Kier alpha value is -7.91. The van der Waals surface area contributed by atoms with Gasteiger partial charge in [-0.1, -0.05) is 233 Å². The summed E-state index contributed by atoms with van der Waals surface area (Å²) in [6.45, 7) is 6.58. The molecule has 2 saturated carbocycles. The average Bonchev–Trinajstić information content (AvgIpc) is 3.13. The smallest absolute Gasteiger partial charge is 0.148 e. The molecule has 9 aromatic carbocycles. The van der Waals surface area contributed by atoms with Gasteiger partial charge in [-0.15, -0.1) is 23.8 Å². The van der Waals surface area contributed by atoms with E-state index in [1.807, 2.05) is 91.1 Å². The summed E-state index contributed by atoms with van der Waals surface area (Å²) in [5.41, 5.74) is 17.1. The summed E-state index contributed by atoms with van der Waals surface area (Å²) in [6.07, 6.45) is 6.65. The quantitative estimate of drug-likeness (QED) is 0.124. The normalized spacial score (nSPS) is 18.4. The summed E-state index contributed by atoms with van der Waals surface area (Å²) in [6, 6.07) is 78.2. The molecule has 0 aliphatic heterocycles. The van der Waals surface area contributed by atoms with Crippen molar-refractivity contribution in [2.75, 3.05) is 0 Å². The third-order valence-corrected chi connectivity index (χ3v) is 16.6. The van der Waals surface area contributed by atoms with E-state index in [0.717, 1.165) is 115 Å². The van der Waals surface area contributed by atoms with Crippen LogP contribution in [0.25, 0.3) is 95.0 Å². The van der Waals surface area contributed by atoms with Gasteiger partial charge in [-0.05, 0) is 142 Å². The van der Waals surface area contributed by atoms with Crippen LogP contribution >= 0.6 is 0 Å². The molecule has 2 fully saturated rings. The molecule has 0 amide bonds.